The summed E-state index contributed by atoms with van der Waals surface area (Å²) in [5, 5.41) is 4.25. The number of rotatable bonds is 3. The first-order valence-corrected chi connectivity index (χ1v) is 7.39. The van der Waals surface area contributed by atoms with E-state index in [0.29, 0.717) is 20.9 Å². The number of likely N-dealkylation sites (tertiary alicyclic amines) is 1. The van der Waals surface area contributed by atoms with Crippen molar-refractivity contribution < 1.29 is 0 Å². The Morgan fingerprint density at radius 2 is 2.17 bits per heavy atom. The van der Waals surface area contributed by atoms with Crippen LogP contribution >= 0.6 is 31.9 Å². The molecule has 0 bridgehead atoms. The van der Waals surface area contributed by atoms with Crippen molar-refractivity contribution in [3.8, 4) is 0 Å². The number of nitrogens with zero attached hydrogens (tertiary/aromatic N) is 4. The van der Waals surface area contributed by atoms with Gasteiger partial charge in [0.15, 0.2) is 0 Å². The third-order valence-electron chi connectivity index (χ3n) is 2.89. The highest BCUT2D eigenvalue weighted by atomic mass is 79.9. The van der Waals surface area contributed by atoms with Gasteiger partial charge in [0.1, 0.15) is 14.9 Å². The molecule has 0 atom stereocenters. The molecule has 1 aliphatic heterocycles. The maximum Gasteiger partial charge on any atom is 0.133 e. The second-order valence-electron chi connectivity index (χ2n) is 4.33. The van der Waals surface area contributed by atoms with E-state index in [1.807, 2.05) is 0 Å². The highest BCUT2D eigenvalue weighted by Gasteiger charge is 2.15. The first-order chi connectivity index (χ1) is 8.65. The number of aromatic nitrogens is 2. The lowest BCUT2D eigenvalue weighted by molar-refractivity contribution is 0.236. The van der Waals surface area contributed by atoms with Crippen LogP contribution in [0, 0.1) is 0 Å². The SMILES string of the molecule is CN1CCC(N/N=C/c2nc(Br)cnc2Br)CC1. The minimum atomic E-state index is 0.455. The van der Waals surface area contributed by atoms with Gasteiger partial charge in [-0.25, -0.2) is 9.97 Å². The Kier molecular flexibility index (Phi) is 5.08. The van der Waals surface area contributed by atoms with Crippen LogP contribution < -0.4 is 5.43 Å². The fraction of sp³-hybridized carbons (Fsp3) is 0.545. The molecule has 0 saturated carbocycles. The Hall–Kier alpha value is -0.530. The summed E-state index contributed by atoms with van der Waals surface area (Å²) in [7, 11) is 2.15. The lowest BCUT2D eigenvalue weighted by Crippen LogP contribution is -2.38. The average molecular weight is 377 g/mol. The van der Waals surface area contributed by atoms with Gasteiger partial charge in [0.2, 0.25) is 0 Å². The van der Waals surface area contributed by atoms with Crippen molar-refractivity contribution in [2.45, 2.75) is 18.9 Å². The van der Waals surface area contributed by atoms with E-state index in [2.05, 4.69) is 64.3 Å². The van der Waals surface area contributed by atoms with Crippen molar-refractivity contribution in [3.05, 3.63) is 21.1 Å². The molecule has 1 N–H and O–H groups in total. The van der Waals surface area contributed by atoms with Crippen LogP contribution in [0.2, 0.25) is 0 Å². The predicted octanol–water partition coefficient (Wildman–Crippen LogP) is 2.02. The van der Waals surface area contributed by atoms with Gasteiger partial charge in [0, 0.05) is 6.04 Å². The molecule has 1 aromatic heterocycles. The summed E-state index contributed by atoms with van der Waals surface area (Å²) >= 11 is 6.63. The number of hydrogen-bond acceptors (Lipinski definition) is 5. The first kappa shape index (κ1) is 13.9. The molecular formula is C11H15Br2N5. The molecule has 0 amide bonds. The van der Waals surface area contributed by atoms with Gasteiger partial charge in [-0.2, -0.15) is 5.10 Å². The zero-order valence-corrected chi connectivity index (χ0v) is 13.3. The van der Waals surface area contributed by atoms with E-state index >= 15 is 0 Å². The molecule has 5 nitrogen and oxygen atoms in total. The Bertz CT molecular complexity index is 429. The highest BCUT2D eigenvalue weighted by molar-refractivity contribution is 9.10. The van der Waals surface area contributed by atoms with Crippen molar-refractivity contribution >= 4 is 38.1 Å². The van der Waals surface area contributed by atoms with Gasteiger partial charge in [-0.1, -0.05) is 0 Å². The normalized spacial score (nSPS) is 18.4. The maximum absolute atomic E-state index is 4.28. The zero-order chi connectivity index (χ0) is 13.0. The van der Waals surface area contributed by atoms with E-state index in [-0.39, 0.29) is 0 Å². The summed E-state index contributed by atoms with van der Waals surface area (Å²) in [6.45, 7) is 2.24. The second kappa shape index (κ2) is 6.58. The quantitative estimate of drug-likeness (QED) is 0.647. The minimum Gasteiger partial charge on any atom is -0.307 e. The Labute approximate surface area is 123 Å². The fourth-order valence-corrected chi connectivity index (χ4v) is 2.38. The summed E-state index contributed by atoms with van der Waals surface area (Å²) in [5.74, 6) is 0. The molecule has 1 fully saturated rings. The molecule has 0 aliphatic carbocycles. The topological polar surface area (TPSA) is 53.4 Å². The molecule has 7 heteroatoms. The minimum absolute atomic E-state index is 0.455. The third kappa shape index (κ3) is 4.00. The Morgan fingerprint density at radius 3 is 2.89 bits per heavy atom. The molecule has 2 heterocycles. The van der Waals surface area contributed by atoms with Crippen molar-refractivity contribution in [3.63, 3.8) is 0 Å². The average Bonchev–Trinajstić information content (AvgIpc) is 2.36. The summed E-state index contributed by atoms with van der Waals surface area (Å²) in [6.07, 6.45) is 5.59. The zero-order valence-electron chi connectivity index (χ0n) is 10.1. The molecule has 0 unspecified atom stereocenters. The molecule has 18 heavy (non-hydrogen) atoms. The number of hydrogen-bond donors (Lipinski definition) is 1. The second-order valence-corrected chi connectivity index (χ2v) is 5.90. The Morgan fingerprint density at radius 1 is 1.44 bits per heavy atom. The molecular weight excluding hydrogens is 362 g/mol. The molecule has 98 valence electrons. The highest BCUT2D eigenvalue weighted by Crippen LogP contribution is 2.13. The molecule has 0 radical (unpaired) electrons. The van der Waals surface area contributed by atoms with Gasteiger partial charge in [-0.3, -0.25) is 0 Å². The van der Waals surface area contributed by atoms with Crippen LogP contribution in [0.1, 0.15) is 18.5 Å². The van der Waals surface area contributed by atoms with E-state index in [1.165, 1.54) is 0 Å². The van der Waals surface area contributed by atoms with Crippen molar-refractivity contribution in [2.75, 3.05) is 20.1 Å². The van der Waals surface area contributed by atoms with Gasteiger partial charge in [-0.15, -0.1) is 0 Å². The van der Waals surface area contributed by atoms with Crippen molar-refractivity contribution in [1.29, 1.82) is 0 Å². The largest absolute Gasteiger partial charge is 0.307 e. The summed E-state index contributed by atoms with van der Waals surface area (Å²) in [5.41, 5.74) is 3.89. The van der Waals surface area contributed by atoms with Crippen LogP contribution in [-0.2, 0) is 0 Å². The fourth-order valence-electron chi connectivity index (χ4n) is 1.79. The number of hydrazone groups is 1. The summed E-state index contributed by atoms with van der Waals surface area (Å²) < 4.78 is 1.39. The smallest absolute Gasteiger partial charge is 0.133 e. The third-order valence-corrected chi connectivity index (χ3v) is 3.88. The van der Waals surface area contributed by atoms with Gasteiger partial charge in [-0.05, 0) is 64.8 Å². The van der Waals surface area contributed by atoms with Gasteiger partial charge in [0.05, 0.1) is 12.4 Å². The van der Waals surface area contributed by atoms with E-state index in [4.69, 9.17) is 0 Å². The molecule has 1 saturated heterocycles. The maximum atomic E-state index is 4.28. The first-order valence-electron chi connectivity index (χ1n) is 5.80. The van der Waals surface area contributed by atoms with E-state index < -0.39 is 0 Å². The van der Waals surface area contributed by atoms with Crippen LogP contribution in [0.25, 0.3) is 0 Å². The lowest BCUT2D eigenvalue weighted by atomic mass is 10.1. The van der Waals surface area contributed by atoms with Crippen molar-refractivity contribution in [1.82, 2.24) is 20.3 Å². The standard InChI is InChI=1S/C11H15Br2N5/c1-18-4-2-8(3-5-18)17-15-6-9-11(13)14-7-10(12)16-9/h6-8,17H,2-5H2,1H3/b15-6+. The van der Waals surface area contributed by atoms with Crippen LogP contribution in [-0.4, -0.2) is 47.3 Å². The Balaban J connectivity index is 1.89. The van der Waals surface area contributed by atoms with Gasteiger partial charge in [0.25, 0.3) is 0 Å². The van der Waals surface area contributed by atoms with Crippen LogP contribution in [0.15, 0.2) is 20.5 Å². The number of halogens is 2. The van der Waals surface area contributed by atoms with E-state index in [0.717, 1.165) is 25.9 Å². The monoisotopic (exact) mass is 375 g/mol. The predicted molar refractivity (Wildman–Crippen MR) is 78.7 cm³/mol. The number of nitrogens with one attached hydrogen (secondary N) is 1. The van der Waals surface area contributed by atoms with E-state index in [9.17, 15) is 0 Å². The lowest BCUT2D eigenvalue weighted by Gasteiger charge is -2.28. The van der Waals surface area contributed by atoms with Gasteiger partial charge >= 0.3 is 0 Å². The summed E-state index contributed by atoms with van der Waals surface area (Å²) in [4.78, 5) is 10.7. The molecule has 1 aliphatic rings. The molecule has 2 rings (SSSR count). The summed E-state index contributed by atoms with van der Waals surface area (Å²) in [6, 6.07) is 0.455. The van der Waals surface area contributed by atoms with Crippen molar-refractivity contribution in [2.24, 2.45) is 5.10 Å². The van der Waals surface area contributed by atoms with Crippen LogP contribution in [0.5, 0.6) is 0 Å². The van der Waals surface area contributed by atoms with Crippen LogP contribution in [0.3, 0.4) is 0 Å². The molecule has 0 spiro atoms. The molecule has 0 aromatic carbocycles. The van der Waals surface area contributed by atoms with Crippen LogP contribution in [0.4, 0.5) is 0 Å². The number of piperidine rings is 1. The molecule has 1 aromatic rings. The van der Waals surface area contributed by atoms with E-state index in [1.54, 1.807) is 12.4 Å². The van der Waals surface area contributed by atoms with Gasteiger partial charge < -0.3 is 10.3 Å².